The lowest BCUT2D eigenvalue weighted by atomic mass is 10.0. The molecule has 0 saturated carbocycles. The van der Waals surface area contributed by atoms with Crippen LogP contribution in [0.4, 0.5) is 5.69 Å². The Labute approximate surface area is 171 Å². The molecule has 1 heterocycles. The summed E-state index contributed by atoms with van der Waals surface area (Å²) >= 11 is 17.4. The van der Waals surface area contributed by atoms with Gasteiger partial charge < -0.3 is 5.11 Å². The van der Waals surface area contributed by atoms with Crippen LogP contribution < -0.4 is 10.2 Å². The third kappa shape index (κ3) is 3.56. The van der Waals surface area contributed by atoms with Crippen LogP contribution in [0.2, 0.25) is 10.0 Å². The van der Waals surface area contributed by atoms with E-state index in [4.69, 9.17) is 35.4 Å². The number of amides is 2. The maximum atomic E-state index is 13.0. The Morgan fingerprint density at radius 1 is 1.15 bits per heavy atom. The minimum atomic E-state index is -0.615. The molecule has 8 heteroatoms. The van der Waals surface area contributed by atoms with E-state index in [-0.39, 0.29) is 32.2 Å². The van der Waals surface area contributed by atoms with E-state index in [0.717, 1.165) is 4.90 Å². The first kappa shape index (κ1) is 19.4. The number of phenols is 1. The fourth-order valence-electron chi connectivity index (χ4n) is 2.78. The first-order valence-electron chi connectivity index (χ1n) is 7.86. The fraction of sp³-hybridized carbons (Fsp3) is 0.105. The van der Waals surface area contributed by atoms with E-state index in [9.17, 15) is 14.7 Å². The van der Waals surface area contributed by atoms with Crippen LogP contribution in [-0.2, 0) is 9.59 Å². The van der Waals surface area contributed by atoms with Gasteiger partial charge in [-0.05, 0) is 73.1 Å². The van der Waals surface area contributed by atoms with Crippen molar-refractivity contribution in [2.45, 2.75) is 13.8 Å². The Morgan fingerprint density at radius 3 is 2.41 bits per heavy atom. The minimum absolute atomic E-state index is 0.0793. The number of thiocarbonyl (C=S) groups is 1. The first-order chi connectivity index (χ1) is 12.7. The number of carbonyl (C=O) groups excluding carboxylic acids is 2. The molecule has 0 spiro atoms. The van der Waals surface area contributed by atoms with Gasteiger partial charge in [-0.25, -0.2) is 0 Å². The first-order valence-corrected chi connectivity index (χ1v) is 9.03. The van der Waals surface area contributed by atoms with E-state index >= 15 is 0 Å². The highest BCUT2D eigenvalue weighted by Gasteiger charge is 2.35. The fourth-order valence-corrected chi connectivity index (χ4v) is 3.43. The van der Waals surface area contributed by atoms with Crippen LogP contribution in [-0.4, -0.2) is 22.0 Å². The summed E-state index contributed by atoms with van der Waals surface area (Å²) in [5.41, 5.74) is 2.05. The zero-order chi connectivity index (χ0) is 19.9. The van der Waals surface area contributed by atoms with Gasteiger partial charge in [0, 0.05) is 0 Å². The lowest BCUT2D eigenvalue weighted by molar-refractivity contribution is -0.122. The summed E-state index contributed by atoms with van der Waals surface area (Å²) in [5, 5.41) is 12.7. The molecule has 2 N–H and O–H groups in total. The molecule has 0 aliphatic carbocycles. The molecule has 2 aromatic carbocycles. The van der Waals surface area contributed by atoms with Crippen molar-refractivity contribution < 1.29 is 14.7 Å². The summed E-state index contributed by atoms with van der Waals surface area (Å²) in [6, 6.07) is 8.16. The lowest BCUT2D eigenvalue weighted by Crippen LogP contribution is -2.54. The van der Waals surface area contributed by atoms with Crippen molar-refractivity contribution in [3.05, 3.63) is 62.6 Å². The van der Waals surface area contributed by atoms with Gasteiger partial charge in [0.05, 0.1) is 15.7 Å². The van der Waals surface area contributed by atoms with Crippen LogP contribution in [0, 0.1) is 13.8 Å². The number of halogens is 2. The van der Waals surface area contributed by atoms with Gasteiger partial charge in [0.2, 0.25) is 0 Å². The number of anilines is 1. The topological polar surface area (TPSA) is 69.6 Å². The van der Waals surface area contributed by atoms with Crippen LogP contribution >= 0.6 is 35.4 Å². The molecule has 0 radical (unpaired) electrons. The van der Waals surface area contributed by atoms with Crippen molar-refractivity contribution in [1.29, 1.82) is 0 Å². The molecule has 0 bridgehead atoms. The highest BCUT2D eigenvalue weighted by Crippen LogP contribution is 2.34. The maximum absolute atomic E-state index is 13.0. The van der Waals surface area contributed by atoms with E-state index in [0.29, 0.717) is 16.7 Å². The van der Waals surface area contributed by atoms with Crippen LogP contribution in [0.25, 0.3) is 6.08 Å². The van der Waals surface area contributed by atoms with Crippen molar-refractivity contribution in [2.24, 2.45) is 0 Å². The second-order valence-electron chi connectivity index (χ2n) is 6.03. The van der Waals surface area contributed by atoms with Crippen LogP contribution in [0.1, 0.15) is 16.7 Å². The second-order valence-corrected chi connectivity index (χ2v) is 7.21. The quantitative estimate of drug-likeness (QED) is 0.434. The van der Waals surface area contributed by atoms with E-state index in [1.807, 2.05) is 0 Å². The monoisotopic (exact) mass is 420 g/mol. The number of benzene rings is 2. The molecule has 1 aliphatic heterocycles. The number of rotatable bonds is 2. The van der Waals surface area contributed by atoms with Gasteiger partial charge in [-0.1, -0.05) is 29.3 Å². The van der Waals surface area contributed by atoms with Gasteiger partial charge >= 0.3 is 0 Å². The minimum Gasteiger partial charge on any atom is -0.507 e. The number of nitrogens with zero attached hydrogens (tertiary/aromatic N) is 1. The molecule has 138 valence electrons. The normalized spacial score (nSPS) is 16.1. The molecule has 5 nitrogen and oxygen atoms in total. The molecule has 27 heavy (non-hydrogen) atoms. The molecule has 3 rings (SSSR count). The molecule has 1 aliphatic rings. The van der Waals surface area contributed by atoms with Crippen molar-refractivity contribution in [1.82, 2.24) is 5.32 Å². The number of hydrogen-bond acceptors (Lipinski definition) is 4. The molecule has 1 saturated heterocycles. The average molecular weight is 421 g/mol. The highest BCUT2D eigenvalue weighted by atomic mass is 35.5. The van der Waals surface area contributed by atoms with Crippen LogP contribution in [0.3, 0.4) is 0 Å². The highest BCUT2D eigenvalue weighted by molar-refractivity contribution is 7.80. The zero-order valence-corrected chi connectivity index (χ0v) is 16.7. The lowest BCUT2D eigenvalue weighted by Gasteiger charge is -2.29. The van der Waals surface area contributed by atoms with Crippen molar-refractivity contribution in [3.63, 3.8) is 0 Å². The van der Waals surface area contributed by atoms with Crippen molar-refractivity contribution in [2.75, 3.05) is 4.90 Å². The van der Waals surface area contributed by atoms with Gasteiger partial charge in [-0.2, -0.15) is 0 Å². The van der Waals surface area contributed by atoms with E-state index in [1.165, 1.54) is 6.08 Å². The molecule has 2 aromatic rings. The number of phenolic OH excluding ortho intramolecular Hbond substituents is 1. The van der Waals surface area contributed by atoms with E-state index in [1.54, 1.807) is 44.2 Å². The Morgan fingerprint density at radius 2 is 1.78 bits per heavy atom. The third-order valence-corrected chi connectivity index (χ3v) is 5.19. The second kappa shape index (κ2) is 7.31. The third-order valence-electron chi connectivity index (χ3n) is 4.10. The molecular weight excluding hydrogens is 407 g/mol. The molecule has 0 aromatic heterocycles. The van der Waals surface area contributed by atoms with Gasteiger partial charge in [0.25, 0.3) is 11.8 Å². The Bertz CT molecular complexity index is 1010. The number of aryl methyl sites for hydroxylation is 2. The number of hydrogen-bond donors (Lipinski definition) is 2. The van der Waals surface area contributed by atoms with Crippen LogP contribution in [0.5, 0.6) is 5.75 Å². The number of nitrogens with one attached hydrogen (secondary N) is 1. The van der Waals surface area contributed by atoms with E-state index in [2.05, 4.69) is 5.32 Å². The maximum Gasteiger partial charge on any atom is 0.270 e. The SMILES string of the molecule is Cc1cc(/C=C2\C(=O)NC(=S)N(c3cccc(Cl)c3Cl)C2=O)cc(C)c1O. The Balaban J connectivity index is 2.09. The summed E-state index contributed by atoms with van der Waals surface area (Å²) in [5.74, 6) is -1.05. The number of aromatic hydroxyl groups is 1. The molecular formula is C19H14Cl2N2O3S. The summed E-state index contributed by atoms with van der Waals surface area (Å²) in [7, 11) is 0. The molecule has 1 fully saturated rings. The average Bonchev–Trinajstić information content (AvgIpc) is 2.60. The summed E-state index contributed by atoms with van der Waals surface area (Å²) in [6.07, 6.45) is 1.45. The van der Waals surface area contributed by atoms with E-state index < -0.39 is 11.8 Å². The van der Waals surface area contributed by atoms with Gasteiger partial charge in [0.1, 0.15) is 11.3 Å². The standard InChI is InChI=1S/C19H14Cl2N2O3S/c1-9-6-11(7-10(2)16(9)24)8-12-17(25)22-19(27)23(18(12)26)14-5-3-4-13(20)15(14)21/h3-8,24H,1-2H3,(H,22,25,27)/b12-8+. The molecule has 2 amide bonds. The Kier molecular flexibility index (Phi) is 5.24. The predicted molar refractivity (Wildman–Crippen MR) is 110 cm³/mol. The summed E-state index contributed by atoms with van der Waals surface area (Å²) < 4.78 is 0. The van der Waals surface area contributed by atoms with Gasteiger partial charge in [-0.15, -0.1) is 0 Å². The van der Waals surface area contributed by atoms with Crippen LogP contribution in [0.15, 0.2) is 35.9 Å². The predicted octanol–water partition coefficient (Wildman–Crippen LogP) is 4.15. The molecule has 0 unspecified atom stereocenters. The van der Waals surface area contributed by atoms with Crippen molar-refractivity contribution in [3.8, 4) is 5.75 Å². The largest absolute Gasteiger partial charge is 0.507 e. The zero-order valence-electron chi connectivity index (χ0n) is 14.3. The Hall–Kier alpha value is -2.41. The summed E-state index contributed by atoms with van der Waals surface area (Å²) in [4.78, 5) is 26.5. The van der Waals surface area contributed by atoms with Crippen molar-refractivity contribution >= 4 is 64.1 Å². The number of carbonyl (C=O) groups is 2. The van der Waals surface area contributed by atoms with Gasteiger partial charge in [-0.3, -0.25) is 19.8 Å². The smallest absolute Gasteiger partial charge is 0.270 e. The summed E-state index contributed by atoms with van der Waals surface area (Å²) in [6.45, 7) is 3.47. The van der Waals surface area contributed by atoms with Gasteiger partial charge in [0.15, 0.2) is 5.11 Å². The molecule has 0 atom stereocenters.